The lowest BCUT2D eigenvalue weighted by Crippen LogP contribution is -2.16. The normalized spacial score (nSPS) is 10.8. The number of rotatable bonds is 5. The van der Waals surface area contributed by atoms with Crippen LogP contribution in [-0.2, 0) is 11.3 Å². The zero-order chi connectivity index (χ0) is 21.3. The number of carbonyl (C=O) groups is 2. The molecule has 0 spiro atoms. The lowest BCUT2D eigenvalue weighted by molar-refractivity contribution is 0.0686. The van der Waals surface area contributed by atoms with E-state index in [9.17, 15) is 19.5 Å². The lowest BCUT2D eigenvalue weighted by atomic mass is 10.2. The molecule has 152 valence electrons. The number of fused-ring (bicyclic) bond motifs is 1. The third-order valence-electron chi connectivity index (χ3n) is 4.04. The number of carboxylic acids is 1. The van der Waals surface area contributed by atoms with Crippen LogP contribution in [0.15, 0.2) is 46.6 Å². The maximum Gasteiger partial charge on any atom is 0.412 e. The summed E-state index contributed by atoms with van der Waals surface area (Å²) < 4.78 is 6.36. The maximum absolute atomic E-state index is 12.2. The zero-order valence-electron chi connectivity index (χ0n) is 15.0. The summed E-state index contributed by atoms with van der Waals surface area (Å²) in [6, 6.07) is 11.3. The number of carbonyl (C=O) groups excluding carboxylic acids is 1. The van der Waals surface area contributed by atoms with E-state index in [1.807, 2.05) is 30.3 Å². The van der Waals surface area contributed by atoms with Crippen LogP contribution in [0.25, 0.3) is 20.8 Å². The van der Waals surface area contributed by atoms with Gasteiger partial charge in [-0.25, -0.2) is 14.6 Å². The molecule has 0 bridgehead atoms. The molecule has 0 radical (unpaired) electrons. The fourth-order valence-electron chi connectivity index (χ4n) is 2.71. The van der Waals surface area contributed by atoms with E-state index >= 15 is 0 Å². The van der Waals surface area contributed by atoms with E-state index in [2.05, 4.69) is 15.3 Å². The number of benzene rings is 1. The highest BCUT2D eigenvalue weighted by molar-refractivity contribution is 7.19. The monoisotopic (exact) mass is 443 g/mol. The predicted molar refractivity (Wildman–Crippen MR) is 112 cm³/mol. The summed E-state index contributed by atoms with van der Waals surface area (Å²) in [5, 5.41) is 23.9. The van der Waals surface area contributed by atoms with Crippen LogP contribution in [0.5, 0.6) is 5.75 Å². The van der Waals surface area contributed by atoms with E-state index in [1.165, 1.54) is 11.3 Å². The van der Waals surface area contributed by atoms with Crippen molar-refractivity contribution in [2.24, 2.45) is 0 Å². The highest BCUT2D eigenvalue weighted by Crippen LogP contribution is 2.32. The molecule has 0 saturated carbocycles. The Kier molecular flexibility index (Phi) is 5.21. The first-order valence-electron chi connectivity index (χ1n) is 8.48. The third kappa shape index (κ3) is 3.88. The predicted octanol–water partition coefficient (Wildman–Crippen LogP) is 3.87. The first kappa shape index (κ1) is 19.6. The van der Waals surface area contributed by atoms with E-state index in [4.69, 9.17) is 9.84 Å². The van der Waals surface area contributed by atoms with E-state index in [1.54, 1.807) is 11.4 Å². The number of H-pyrrole nitrogens is 1. The van der Waals surface area contributed by atoms with Gasteiger partial charge in [0.2, 0.25) is 5.75 Å². The fourth-order valence-corrected chi connectivity index (χ4v) is 4.48. The van der Waals surface area contributed by atoms with Crippen LogP contribution in [0.3, 0.4) is 0 Å². The van der Waals surface area contributed by atoms with Crippen molar-refractivity contribution >= 4 is 50.5 Å². The van der Waals surface area contributed by atoms with Crippen molar-refractivity contribution in [1.29, 1.82) is 0 Å². The van der Waals surface area contributed by atoms with Gasteiger partial charge in [0, 0.05) is 9.58 Å². The largest absolute Gasteiger partial charge is 0.501 e. The summed E-state index contributed by atoms with van der Waals surface area (Å²) in [5.41, 5.74) is -1.49. The van der Waals surface area contributed by atoms with Gasteiger partial charge in [0.15, 0.2) is 11.5 Å². The summed E-state index contributed by atoms with van der Waals surface area (Å²) in [5.74, 6) is -2.63. The van der Waals surface area contributed by atoms with Gasteiger partial charge in [0.25, 0.3) is 5.56 Å². The van der Waals surface area contributed by atoms with Gasteiger partial charge in [-0.05, 0) is 29.0 Å². The molecule has 3 aromatic heterocycles. The number of anilines is 1. The minimum absolute atomic E-state index is 0.0854. The number of nitrogens with one attached hydrogen (secondary N) is 2. The molecule has 0 aliphatic rings. The van der Waals surface area contributed by atoms with Crippen molar-refractivity contribution < 1.29 is 24.5 Å². The Morgan fingerprint density at radius 1 is 1.23 bits per heavy atom. The number of nitrogens with zero attached hydrogens (tertiary/aromatic N) is 1. The first-order valence-corrected chi connectivity index (χ1v) is 10.2. The number of carboxylic acid groups (broad SMARTS) is 1. The van der Waals surface area contributed by atoms with Gasteiger partial charge < -0.3 is 19.9 Å². The quantitative estimate of drug-likeness (QED) is 0.367. The second-order valence-electron chi connectivity index (χ2n) is 6.03. The highest BCUT2D eigenvalue weighted by Gasteiger charge is 2.20. The summed E-state index contributed by atoms with van der Waals surface area (Å²) in [4.78, 5) is 42.5. The molecule has 0 aliphatic carbocycles. The molecule has 0 saturated heterocycles. The minimum atomic E-state index is -1.55. The first-order chi connectivity index (χ1) is 14.4. The lowest BCUT2D eigenvalue weighted by Gasteiger charge is -2.08. The smallest absolute Gasteiger partial charge is 0.412 e. The number of hydrogen-bond acceptors (Lipinski definition) is 8. The molecule has 3 heterocycles. The molecule has 0 aliphatic heterocycles. The molecule has 4 N–H and O–H groups in total. The SMILES string of the molecule is O=C(Nc1ccsc1-c1nc(C(=O)O)c(O)c(=O)[nH]1)OCc1cc2ccccc2s1. The van der Waals surface area contributed by atoms with E-state index in [0.717, 1.165) is 26.3 Å². The molecule has 4 rings (SSSR count). The van der Waals surface area contributed by atoms with Gasteiger partial charge in [-0.2, -0.15) is 0 Å². The van der Waals surface area contributed by atoms with Gasteiger partial charge in [-0.15, -0.1) is 22.7 Å². The summed E-state index contributed by atoms with van der Waals surface area (Å²) in [6.45, 7) is 0.0854. The van der Waals surface area contributed by atoms with Crippen LogP contribution < -0.4 is 10.9 Å². The second kappa shape index (κ2) is 7.97. The number of amides is 1. The van der Waals surface area contributed by atoms with Crippen molar-refractivity contribution in [2.45, 2.75) is 6.61 Å². The Morgan fingerprint density at radius 2 is 2.03 bits per heavy atom. The summed E-state index contributed by atoms with van der Waals surface area (Å²) in [6.07, 6.45) is -0.716. The Labute approximate surface area is 176 Å². The summed E-state index contributed by atoms with van der Waals surface area (Å²) >= 11 is 2.64. The standard InChI is InChI=1S/C19H13N3O6S2/c23-14-13(18(25)26)21-16(22-17(14)24)15-11(5-6-29-15)20-19(27)28-8-10-7-9-3-1-2-4-12(9)30-10/h1-7,23H,8H2,(H,20,27)(H,25,26)(H,21,22,24). The van der Waals surface area contributed by atoms with Gasteiger partial charge in [0.05, 0.1) is 10.6 Å². The van der Waals surface area contributed by atoms with Gasteiger partial charge in [-0.1, -0.05) is 18.2 Å². The summed E-state index contributed by atoms with van der Waals surface area (Å²) in [7, 11) is 0. The van der Waals surface area contributed by atoms with Crippen molar-refractivity contribution in [3.63, 3.8) is 0 Å². The van der Waals surface area contributed by atoms with Crippen LogP contribution in [0, 0.1) is 0 Å². The van der Waals surface area contributed by atoms with E-state index in [-0.39, 0.29) is 18.1 Å². The molecule has 30 heavy (non-hydrogen) atoms. The molecule has 4 aromatic rings. The van der Waals surface area contributed by atoms with E-state index in [0.29, 0.717) is 4.88 Å². The van der Waals surface area contributed by atoms with Crippen molar-refractivity contribution in [3.05, 3.63) is 62.7 Å². The second-order valence-corrected chi connectivity index (χ2v) is 8.12. The molecular formula is C19H13N3O6S2. The van der Waals surface area contributed by atoms with Crippen LogP contribution in [0.2, 0.25) is 0 Å². The van der Waals surface area contributed by atoms with Gasteiger partial charge >= 0.3 is 12.1 Å². The molecule has 0 fully saturated rings. The van der Waals surface area contributed by atoms with Crippen LogP contribution >= 0.6 is 22.7 Å². The number of aromatic nitrogens is 2. The third-order valence-corrected chi connectivity index (χ3v) is 6.05. The van der Waals surface area contributed by atoms with Crippen molar-refractivity contribution in [2.75, 3.05) is 5.32 Å². The Morgan fingerprint density at radius 3 is 2.80 bits per heavy atom. The number of aromatic hydroxyl groups is 1. The van der Waals surface area contributed by atoms with Crippen LogP contribution in [0.1, 0.15) is 15.4 Å². The molecule has 1 amide bonds. The number of thiophene rings is 2. The number of aromatic amines is 1. The van der Waals surface area contributed by atoms with Gasteiger partial charge in [-0.3, -0.25) is 10.1 Å². The molecule has 9 nitrogen and oxygen atoms in total. The molecule has 11 heteroatoms. The molecule has 0 unspecified atom stereocenters. The van der Waals surface area contributed by atoms with E-state index < -0.39 is 29.1 Å². The molecular weight excluding hydrogens is 430 g/mol. The Bertz CT molecular complexity index is 1290. The van der Waals surface area contributed by atoms with Crippen molar-refractivity contribution in [1.82, 2.24) is 9.97 Å². The molecule has 1 aromatic carbocycles. The highest BCUT2D eigenvalue weighted by atomic mass is 32.1. The number of hydrogen-bond donors (Lipinski definition) is 4. The van der Waals surface area contributed by atoms with Crippen molar-refractivity contribution in [3.8, 4) is 16.5 Å². The fraction of sp³-hybridized carbons (Fsp3) is 0.0526. The Hall–Kier alpha value is -3.70. The minimum Gasteiger partial charge on any atom is -0.501 e. The topological polar surface area (TPSA) is 142 Å². The van der Waals surface area contributed by atoms with Gasteiger partial charge in [0.1, 0.15) is 6.61 Å². The van der Waals surface area contributed by atoms with Crippen LogP contribution in [0.4, 0.5) is 10.5 Å². The Balaban J connectivity index is 1.50. The molecule has 0 atom stereocenters. The zero-order valence-corrected chi connectivity index (χ0v) is 16.7. The average Bonchev–Trinajstić information content (AvgIpc) is 3.34. The van der Waals surface area contributed by atoms with Crippen LogP contribution in [-0.4, -0.2) is 32.2 Å². The number of ether oxygens (including phenoxy) is 1. The average molecular weight is 443 g/mol. The number of aromatic carboxylic acids is 1. The maximum atomic E-state index is 12.2.